The number of rotatable bonds is 29. The third-order valence-corrected chi connectivity index (χ3v) is 16.8. The molecule has 410 valence electrons. The first-order valence-electron chi connectivity index (χ1n) is 26.6. The van der Waals surface area contributed by atoms with Gasteiger partial charge in [-0.15, -0.1) is 23.5 Å². The molecule has 0 aliphatic heterocycles. The highest BCUT2D eigenvalue weighted by Crippen LogP contribution is 2.50. The summed E-state index contributed by atoms with van der Waals surface area (Å²) in [6.45, 7) is 7.17. The van der Waals surface area contributed by atoms with Gasteiger partial charge in [-0.05, 0) is 51.5 Å². The quantitative estimate of drug-likeness (QED) is 0.0132. The van der Waals surface area contributed by atoms with Crippen LogP contribution in [0.25, 0.3) is 0 Å². The molecule has 3 amide bonds. The standard InChI is InChI=1S/C65H71N5O7S2/c1-5-39-77-60(74)43-58(72)61(47(2)3)69-63(76)57(45-79-65(51-32-18-9-19-33-51,52-34-20-10-21-35-52)53-36-22-11-23-37-53)68-62(75)56(41-54-44-70(4)46-66-54)67-59(73)42-55(71)38-24-25-40-78-64(48-26-12-6-13-27-48,49-28-14-7-15-29-49)50-30-16-8-17-31-50/h5-24,26-38,44,46-47,55-58,61,71-72H,1,25,39-43,45H2,2-4H3,(H,67,73)(H,68,75)(H,69,76)/t55-,56-,57-,58+,61-/m1/s1. The number of nitrogens with one attached hydrogen (secondary N) is 3. The molecule has 0 saturated carbocycles. The van der Waals surface area contributed by atoms with E-state index in [1.54, 1.807) is 42.0 Å². The molecule has 79 heavy (non-hydrogen) atoms. The van der Waals surface area contributed by atoms with E-state index < -0.39 is 69.9 Å². The number of hydrogen-bond donors (Lipinski definition) is 5. The SMILES string of the molecule is C=CCOC(=O)C[C@H](O)[C@H](NC(=O)[C@@H](CSC(c1ccccc1)(c1ccccc1)c1ccccc1)NC(=O)[C@@H](Cc1cn(C)cn1)NC(=O)C[C@H](O)C=CCCSC(c1ccccc1)(c1ccccc1)c1ccccc1)C(C)C. The van der Waals surface area contributed by atoms with Crippen molar-refractivity contribution in [1.29, 1.82) is 0 Å². The third-order valence-electron chi connectivity index (χ3n) is 13.5. The average Bonchev–Trinajstić information content (AvgIpc) is 3.96. The number of aromatic nitrogens is 2. The van der Waals surface area contributed by atoms with Crippen molar-refractivity contribution in [3.63, 3.8) is 0 Å². The normalized spacial score (nSPS) is 13.6. The van der Waals surface area contributed by atoms with Gasteiger partial charge in [0, 0.05) is 25.4 Å². The van der Waals surface area contributed by atoms with Crippen molar-refractivity contribution in [2.24, 2.45) is 13.0 Å². The number of allylic oxidation sites excluding steroid dienone is 1. The first-order chi connectivity index (χ1) is 38.3. The van der Waals surface area contributed by atoms with Gasteiger partial charge in [0.1, 0.15) is 18.7 Å². The zero-order valence-corrected chi connectivity index (χ0v) is 46.6. The maximum Gasteiger partial charge on any atom is 0.308 e. The number of ether oxygens (including phenoxy) is 1. The summed E-state index contributed by atoms with van der Waals surface area (Å²) in [5.74, 6) is -2.18. The highest BCUT2D eigenvalue weighted by atomic mass is 32.2. The van der Waals surface area contributed by atoms with Crippen molar-refractivity contribution in [2.45, 2.75) is 79.4 Å². The summed E-state index contributed by atoms with van der Waals surface area (Å²) in [4.78, 5) is 61.0. The van der Waals surface area contributed by atoms with Crippen LogP contribution in [-0.4, -0.2) is 91.9 Å². The van der Waals surface area contributed by atoms with Crippen LogP contribution in [0.1, 0.15) is 72.2 Å². The van der Waals surface area contributed by atoms with Crippen molar-refractivity contribution < 1.29 is 34.1 Å². The summed E-state index contributed by atoms with van der Waals surface area (Å²) in [5, 5.41) is 31.5. The predicted molar refractivity (Wildman–Crippen MR) is 317 cm³/mol. The number of aryl methyl sites for hydroxylation is 1. The van der Waals surface area contributed by atoms with Gasteiger partial charge >= 0.3 is 5.97 Å². The minimum atomic E-state index is -1.33. The number of imidazole rings is 1. The Balaban J connectivity index is 1.12. The molecule has 14 heteroatoms. The van der Waals surface area contributed by atoms with Gasteiger partial charge in [-0.2, -0.15) is 0 Å². The number of benzene rings is 6. The Labute approximate surface area is 473 Å². The fraction of sp³-hybridized carbons (Fsp3) is 0.277. The van der Waals surface area contributed by atoms with E-state index in [2.05, 4.69) is 100 Å². The smallest absolute Gasteiger partial charge is 0.308 e. The molecule has 12 nitrogen and oxygen atoms in total. The van der Waals surface area contributed by atoms with Gasteiger partial charge in [0.05, 0.1) is 52.6 Å². The van der Waals surface area contributed by atoms with Gasteiger partial charge in [0.25, 0.3) is 0 Å². The molecule has 7 rings (SSSR count). The Morgan fingerprint density at radius 3 is 1.49 bits per heavy atom. The molecular weight excluding hydrogens is 1030 g/mol. The lowest BCUT2D eigenvalue weighted by atomic mass is 9.84. The highest BCUT2D eigenvalue weighted by molar-refractivity contribution is 8.00. The van der Waals surface area contributed by atoms with Crippen LogP contribution >= 0.6 is 23.5 Å². The zero-order valence-electron chi connectivity index (χ0n) is 45.0. The molecule has 5 N–H and O–H groups in total. The molecule has 0 bridgehead atoms. The largest absolute Gasteiger partial charge is 0.461 e. The maximum atomic E-state index is 14.9. The van der Waals surface area contributed by atoms with Crippen molar-refractivity contribution in [1.82, 2.24) is 25.5 Å². The summed E-state index contributed by atoms with van der Waals surface area (Å²) >= 11 is 3.25. The molecule has 0 aliphatic carbocycles. The first-order valence-corrected chi connectivity index (χ1v) is 28.6. The Bertz CT molecular complexity index is 2840. The van der Waals surface area contributed by atoms with Crippen molar-refractivity contribution in [3.8, 4) is 0 Å². The monoisotopic (exact) mass is 1100 g/mol. The molecule has 7 aromatic rings. The van der Waals surface area contributed by atoms with Gasteiger partial charge in [-0.25, -0.2) is 4.98 Å². The van der Waals surface area contributed by atoms with Crippen molar-refractivity contribution in [3.05, 3.63) is 258 Å². The van der Waals surface area contributed by atoms with E-state index in [-0.39, 0.29) is 31.1 Å². The van der Waals surface area contributed by atoms with Gasteiger partial charge < -0.3 is 35.5 Å². The summed E-state index contributed by atoms with van der Waals surface area (Å²) in [6, 6.07) is 57.6. The van der Waals surface area contributed by atoms with Crippen LogP contribution in [0, 0.1) is 5.92 Å². The average molecular weight is 1100 g/mol. The number of aliphatic hydroxyl groups excluding tert-OH is 2. The molecule has 0 aliphatic rings. The fourth-order valence-corrected chi connectivity index (χ4v) is 12.7. The lowest BCUT2D eigenvalue weighted by molar-refractivity contribution is -0.145. The lowest BCUT2D eigenvalue weighted by Gasteiger charge is -2.37. The fourth-order valence-electron chi connectivity index (χ4n) is 9.72. The van der Waals surface area contributed by atoms with Crippen molar-refractivity contribution >= 4 is 47.2 Å². The predicted octanol–water partition coefficient (Wildman–Crippen LogP) is 9.70. The van der Waals surface area contributed by atoms with Crippen LogP contribution in [0.3, 0.4) is 0 Å². The molecule has 5 atom stereocenters. The number of aliphatic hydroxyl groups is 2. The van der Waals surface area contributed by atoms with Crippen LogP contribution in [-0.2, 0) is 46.9 Å². The molecule has 0 saturated heterocycles. The Morgan fingerprint density at radius 1 is 0.633 bits per heavy atom. The second-order valence-electron chi connectivity index (χ2n) is 19.6. The molecule has 0 fully saturated rings. The van der Waals surface area contributed by atoms with Crippen molar-refractivity contribution in [2.75, 3.05) is 18.1 Å². The second kappa shape index (κ2) is 29.5. The summed E-state index contributed by atoms with van der Waals surface area (Å²) in [5.41, 5.74) is 6.74. The van der Waals surface area contributed by atoms with E-state index in [0.29, 0.717) is 17.9 Å². The number of amides is 3. The topological polar surface area (TPSA) is 172 Å². The van der Waals surface area contributed by atoms with Crippen LogP contribution in [0.4, 0.5) is 0 Å². The Kier molecular flexibility index (Phi) is 22.1. The zero-order chi connectivity index (χ0) is 56.0. The number of carbonyl (C=O) groups is 4. The van der Waals surface area contributed by atoms with E-state index in [0.717, 1.165) is 33.4 Å². The number of thioether (sulfide) groups is 2. The van der Waals surface area contributed by atoms with Crippen LogP contribution < -0.4 is 16.0 Å². The van der Waals surface area contributed by atoms with Crippen LogP contribution in [0.5, 0.6) is 0 Å². The van der Waals surface area contributed by atoms with Crippen LogP contribution in [0.2, 0.25) is 0 Å². The second-order valence-corrected chi connectivity index (χ2v) is 22.2. The molecule has 1 heterocycles. The molecular formula is C65H71N5O7S2. The summed E-state index contributed by atoms with van der Waals surface area (Å²) in [6.07, 6.45) is 5.58. The minimum absolute atomic E-state index is 0.00770. The van der Waals surface area contributed by atoms with Crippen LogP contribution in [0.15, 0.2) is 219 Å². The number of nitrogens with zero attached hydrogens (tertiary/aromatic N) is 2. The van der Waals surface area contributed by atoms with E-state index >= 15 is 0 Å². The van der Waals surface area contributed by atoms with Gasteiger partial charge in [-0.3, -0.25) is 19.2 Å². The number of hydrogen-bond acceptors (Lipinski definition) is 10. The van der Waals surface area contributed by atoms with Gasteiger partial charge in [0.2, 0.25) is 17.7 Å². The minimum Gasteiger partial charge on any atom is -0.461 e. The molecule has 1 aromatic heterocycles. The van der Waals surface area contributed by atoms with E-state index in [4.69, 9.17) is 4.74 Å². The molecule has 6 aromatic carbocycles. The number of carbonyl (C=O) groups excluding carboxylic acids is 4. The molecule has 0 spiro atoms. The summed E-state index contributed by atoms with van der Waals surface area (Å²) in [7, 11) is 1.80. The first kappa shape index (κ1) is 59.2. The van der Waals surface area contributed by atoms with E-state index in [1.807, 2.05) is 129 Å². The number of esters is 1. The van der Waals surface area contributed by atoms with Gasteiger partial charge in [0.15, 0.2) is 0 Å². The molecule has 0 radical (unpaired) electrons. The van der Waals surface area contributed by atoms with E-state index in [1.165, 1.54) is 17.8 Å². The van der Waals surface area contributed by atoms with E-state index in [9.17, 15) is 29.4 Å². The highest BCUT2D eigenvalue weighted by Gasteiger charge is 2.41. The molecule has 0 unspecified atom stereocenters. The third kappa shape index (κ3) is 15.8. The Hall–Kier alpha value is -7.49. The maximum absolute atomic E-state index is 14.9. The Morgan fingerprint density at radius 2 is 1.08 bits per heavy atom. The summed E-state index contributed by atoms with van der Waals surface area (Å²) < 4.78 is 5.49. The lowest BCUT2D eigenvalue weighted by Crippen LogP contribution is -2.58. The van der Waals surface area contributed by atoms with Gasteiger partial charge in [-0.1, -0.05) is 221 Å².